The van der Waals surface area contributed by atoms with Crippen molar-refractivity contribution in [1.82, 2.24) is 15.1 Å². The third-order valence-electron chi connectivity index (χ3n) is 5.52. The molecule has 3 rings (SSSR count). The Labute approximate surface area is 188 Å². The number of nitrogens with zero attached hydrogens (tertiary/aromatic N) is 2. The molecule has 5 heteroatoms. The molecule has 0 aliphatic carbocycles. The van der Waals surface area contributed by atoms with Gasteiger partial charge in [-0.05, 0) is 31.4 Å². The van der Waals surface area contributed by atoms with Gasteiger partial charge in [0.05, 0.1) is 0 Å². The summed E-state index contributed by atoms with van der Waals surface area (Å²) in [6, 6.07) is 21.7. The van der Waals surface area contributed by atoms with E-state index in [9.17, 15) is 4.79 Å². The number of Topliss-reactive ketones (excluding diaryl/α,β-unsaturated/α-hetero) is 1. The Kier molecular flexibility index (Phi) is 12.1. The van der Waals surface area contributed by atoms with E-state index in [0.717, 1.165) is 32.7 Å². The van der Waals surface area contributed by atoms with Gasteiger partial charge in [-0.2, -0.15) is 0 Å². The number of carbonyl (C=O) groups is 1. The smallest absolute Gasteiger partial charge is 0.131 e. The van der Waals surface area contributed by atoms with Crippen LogP contribution >= 0.6 is 0 Å². The lowest BCUT2D eigenvalue weighted by molar-refractivity contribution is -0.117. The third kappa shape index (κ3) is 11.2. The number of carbonyl (C=O) groups excluding carboxylic acids is 1. The molecular formula is C26H40N4O. The minimum atomic E-state index is 0.232. The lowest BCUT2D eigenvalue weighted by atomic mass is 10.2. The van der Waals surface area contributed by atoms with Crippen LogP contribution in [0.2, 0.25) is 0 Å². The van der Waals surface area contributed by atoms with Crippen molar-refractivity contribution < 1.29 is 4.79 Å². The molecule has 1 aliphatic heterocycles. The van der Waals surface area contributed by atoms with Crippen molar-refractivity contribution in [3.63, 3.8) is 0 Å². The van der Waals surface area contributed by atoms with E-state index < -0.39 is 0 Å². The van der Waals surface area contributed by atoms with Crippen LogP contribution in [0.1, 0.15) is 37.8 Å². The predicted molar refractivity (Wildman–Crippen MR) is 130 cm³/mol. The normalized spacial score (nSPS) is 17.0. The first-order chi connectivity index (χ1) is 15.1. The summed E-state index contributed by atoms with van der Waals surface area (Å²) in [6.07, 6.45) is 1.86. The molecule has 1 fully saturated rings. The SMILES string of the molecule is CC(=O)CCN(CCN)Cc1ccccc1.CC1CCN(Cc2ccccc2)CCN1. The molecule has 1 atom stereocenters. The van der Waals surface area contributed by atoms with Gasteiger partial charge in [-0.3, -0.25) is 14.6 Å². The molecule has 0 saturated carbocycles. The van der Waals surface area contributed by atoms with Gasteiger partial charge in [0, 0.05) is 64.8 Å². The van der Waals surface area contributed by atoms with Crippen molar-refractivity contribution in [2.45, 2.75) is 45.8 Å². The van der Waals surface area contributed by atoms with Crippen LogP contribution in [-0.4, -0.2) is 60.9 Å². The fraction of sp³-hybridized carbons (Fsp3) is 0.500. The van der Waals surface area contributed by atoms with Gasteiger partial charge in [-0.1, -0.05) is 60.7 Å². The molecule has 1 unspecified atom stereocenters. The van der Waals surface area contributed by atoms with E-state index in [4.69, 9.17) is 5.73 Å². The van der Waals surface area contributed by atoms with E-state index in [-0.39, 0.29) is 5.78 Å². The van der Waals surface area contributed by atoms with Crippen LogP contribution in [0.15, 0.2) is 60.7 Å². The molecule has 0 aromatic heterocycles. The second kappa shape index (κ2) is 14.9. The molecule has 5 nitrogen and oxygen atoms in total. The molecule has 1 heterocycles. The molecule has 2 aromatic rings. The van der Waals surface area contributed by atoms with Crippen LogP contribution < -0.4 is 11.1 Å². The summed E-state index contributed by atoms with van der Waals surface area (Å²) in [5.74, 6) is 0.232. The van der Waals surface area contributed by atoms with Crippen LogP contribution in [-0.2, 0) is 17.9 Å². The summed E-state index contributed by atoms with van der Waals surface area (Å²) in [5.41, 5.74) is 8.25. The van der Waals surface area contributed by atoms with Crippen molar-refractivity contribution in [3.8, 4) is 0 Å². The molecular weight excluding hydrogens is 384 g/mol. The second-order valence-corrected chi connectivity index (χ2v) is 8.41. The summed E-state index contributed by atoms with van der Waals surface area (Å²) >= 11 is 0. The molecule has 0 bridgehead atoms. The van der Waals surface area contributed by atoms with Crippen molar-refractivity contribution in [2.24, 2.45) is 5.73 Å². The van der Waals surface area contributed by atoms with Gasteiger partial charge in [0.15, 0.2) is 0 Å². The summed E-state index contributed by atoms with van der Waals surface area (Å²) < 4.78 is 0. The molecule has 1 aliphatic rings. The van der Waals surface area contributed by atoms with Gasteiger partial charge in [-0.25, -0.2) is 0 Å². The molecule has 0 spiro atoms. The van der Waals surface area contributed by atoms with E-state index >= 15 is 0 Å². The van der Waals surface area contributed by atoms with Crippen molar-refractivity contribution in [2.75, 3.05) is 39.3 Å². The topological polar surface area (TPSA) is 61.6 Å². The quantitative estimate of drug-likeness (QED) is 0.647. The minimum Gasteiger partial charge on any atom is -0.329 e. The highest BCUT2D eigenvalue weighted by Gasteiger charge is 2.12. The Morgan fingerprint density at radius 1 is 1.03 bits per heavy atom. The van der Waals surface area contributed by atoms with Crippen LogP contribution in [0, 0.1) is 0 Å². The number of nitrogens with two attached hydrogens (primary N) is 1. The van der Waals surface area contributed by atoms with Crippen LogP contribution in [0.25, 0.3) is 0 Å². The fourth-order valence-electron chi connectivity index (χ4n) is 3.67. The van der Waals surface area contributed by atoms with Gasteiger partial charge in [0.25, 0.3) is 0 Å². The lowest BCUT2D eigenvalue weighted by Crippen LogP contribution is -2.30. The lowest BCUT2D eigenvalue weighted by Gasteiger charge is -2.20. The first-order valence-electron chi connectivity index (χ1n) is 11.5. The Balaban J connectivity index is 0.000000220. The van der Waals surface area contributed by atoms with Crippen LogP contribution in [0.3, 0.4) is 0 Å². The highest BCUT2D eigenvalue weighted by molar-refractivity contribution is 5.75. The highest BCUT2D eigenvalue weighted by atomic mass is 16.1. The van der Waals surface area contributed by atoms with E-state index in [1.807, 2.05) is 18.2 Å². The maximum atomic E-state index is 10.9. The average molecular weight is 425 g/mol. The second-order valence-electron chi connectivity index (χ2n) is 8.41. The number of benzene rings is 2. The standard InChI is InChI=1S/C13H20N2O.C13H20N2/c1-12(16)7-9-15(10-8-14)11-13-5-3-2-4-6-13;1-12-7-9-15(10-8-14-12)11-13-5-3-2-4-6-13/h2-6H,7-11,14H2,1H3;2-6,12,14H,7-11H2,1H3. The number of nitrogens with one attached hydrogen (secondary N) is 1. The summed E-state index contributed by atoms with van der Waals surface area (Å²) in [4.78, 5) is 15.7. The number of hydrogen-bond acceptors (Lipinski definition) is 5. The first-order valence-corrected chi connectivity index (χ1v) is 11.5. The maximum Gasteiger partial charge on any atom is 0.131 e. The Morgan fingerprint density at radius 2 is 1.68 bits per heavy atom. The number of rotatable bonds is 9. The molecule has 31 heavy (non-hydrogen) atoms. The molecule has 3 N–H and O–H groups in total. The first kappa shape index (κ1) is 25.2. The summed E-state index contributed by atoms with van der Waals surface area (Å²) in [6.45, 7) is 11.6. The zero-order valence-electron chi connectivity index (χ0n) is 19.3. The number of ketones is 1. The van der Waals surface area contributed by atoms with Crippen molar-refractivity contribution in [3.05, 3.63) is 71.8 Å². The highest BCUT2D eigenvalue weighted by Crippen LogP contribution is 2.08. The Bertz CT molecular complexity index is 723. The van der Waals surface area contributed by atoms with E-state index in [1.165, 1.54) is 30.6 Å². The van der Waals surface area contributed by atoms with E-state index in [1.54, 1.807) is 6.92 Å². The number of hydrogen-bond donors (Lipinski definition) is 2. The zero-order valence-corrected chi connectivity index (χ0v) is 19.3. The van der Waals surface area contributed by atoms with Crippen LogP contribution in [0.4, 0.5) is 0 Å². The van der Waals surface area contributed by atoms with Gasteiger partial charge in [-0.15, -0.1) is 0 Å². The van der Waals surface area contributed by atoms with Crippen molar-refractivity contribution in [1.29, 1.82) is 0 Å². The van der Waals surface area contributed by atoms with E-state index in [2.05, 4.69) is 64.5 Å². The molecule has 0 amide bonds. The molecule has 0 radical (unpaired) electrons. The third-order valence-corrected chi connectivity index (χ3v) is 5.52. The molecule has 170 valence electrons. The maximum absolute atomic E-state index is 10.9. The zero-order chi connectivity index (χ0) is 22.3. The van der Waals surface area contributed by atoms with Gasteiger partial charge in [0.1, 0.15) is 5.78 Å². The fourth-order valence-corrected chi connectivity index (χ4v) is 3.67. The summed E-state index contributed by atoms with van der Waals surface area (Å²) in [5, 5.41) is 3.52. The minimum absolute atomic E-state index is 0.232. The molecule has 2 aromatic carbocycles. The monoisotopic (exact) mass is 424 g/mol. The largest absolute Gasteiger partial charge is 0.329 e. The Hall–Kier alpha value is -2.05. The van der Waals surface area contributed by atoms with Crippen LogP contribution in [0.5, 0.6) is 0 Å². The molecule has 1 saturated heterocycles. The Morgan fingerprint density at radius 3 is 2.29 bits per heavy atom. The van der Waals surface area contributed by atoms with Crippen molar-refractivity contribution >= 4 is 5.78 Å². The predicted octanol–water partition coefficient (Wildman–Crippen LogP) is 3.30. The van der Waals surface area contributed by atoms with Gasteiger partial charge < -0.3 is 11.1 Å². The summed E-state index contributed by atoms with van der Waals surface area (Å²) in [7, 11) is 0. The van der Waals surface area contributed by atoms with Gasteiger partial charge >= 0.3 is 0 Å². The average Bonchev–Trinajstić information content (AvgIpc) is 2.98. The van der Waals surface area contributed by atoms with E-state index in [0.29, 0.717) is 19.0 Å². The van der Waals surface area contributed by atoms with Gasteiger partial charge in [0.2, 0.25) is 0 Å².